The van der Waals surface area contributed by atoms with Gasteiger partial charge in [0.2, 0.25) is 0 Å². The SMILES string of the molecule is CC(C)Oc1ccccc1CNC1C2C3CCC(C3)C12. The normalized spacial score (nSPS) is 37.2. The molecule has 2 nitrogen and oxygen atoms in total. The van der Waals surface area contributed by atoms with E-state index in [1.54, 1.807) is 0 Å². The van der Waals surface area contributed by atoms with E-state index in [9.17, 15) is 0 Å². The number of fused-ring (bicyclic) bond motifs is 5. The monoisotopic (exact) mass is 271 g/mol. The first-order chi connectivity index (χ1) is 9.74. The summed E-state index contributed by atoms with van der Waals surface area (Å²) >= 11 is 0. The third kappa shape index (κ3) is 2.05. The number of ether oxygens (including phenoxy) is 1. The van der Waals surface area contributed by atoms with Crippen molar-refractivity contribution in [3.05, 3.63) is 29.8 Å². The van der Waals surface area contributed by atoms with Crippen LogP contribution in [0.25, 0.3) is 0 Å². The van der Waals surface area contributed by atoms with E-state index in [1.165, 1.54) is 24.8 Å². The lowest BCUT2D eigenvalue weighted by Gasteiger charge is -2.15. The molecular formula is C18H25NO. The van der Waals surface area contributed by atoms with Gasteiger partial charge in [0.15, 0.2) is 0 Å². The molecule has 4 unspecified atom stereocenters. The first-order valence-corrected chi connectivity index (χ1v) is 8.22. The van der Waals surface area contributed by atoms with Crippen LogP contribution in [-0.4, -0.2) is 12.1 Å². The molecule has 1 aromatic rings. The highest BCUT2D eigenvalue weighted by Gasteiger charge is 2.64. The van der Waals surface area contributed by atoms with Gasteiger partial charge in [-0.25, -0.2) is 0 Å². The third-order valence-electron chi connectivity index (χ3n) is 5.60. The van der Waals surface area contributed by atoms with Gasteiger partial charge < -0.3 is 10.1 Å². The summed E-state index contributed by atoms with van der Waals surface area (Å²) < 4.78 is 5.91. The summed E-state index contributed by atoms with van der Waals surface area (Å²) in [5, 5.41) is 3.81. The molecule has 0 spiro atoms. The zero-order valence-electron chi connectivity index (χ0n) is 12.5. The van der Waals surface area contributed by atoms with E-state index in [-0.39, 0.29) is 6.10 Å². The van der Waals surface area contributed by atoms with E-state index in [0.29, 0.717) is 0 Å². The summed E-state index contributed by atoms with van der Waals surface area (Å²) in [5.41, 5.74) is 1.30. The quantitative estimate of drug-likeness (QED) is 0.883. The van der Waals surface area contributed by atoms with Crippen molar-refractivity contribution in [2.24, 2.45) is 23.7 Å². The van der Waals surface area contributed by atoms with Crippen molar-refractivity contribution < 1.29 is 4.74 Å². The highest BCUT2D eigenvalue weighted by atomic mass is 16.5. The average molecular weight is 271 g/mol. The van der Waals surface area contributed by atoms with Gasteiger partial charge in [-0.05, 0) is 62.8 Å². The maximum Gasteiger partial charge on any atom is 0.124 e. The maximum absolute atomic E-state index is 5.91. The molecule has 0 heterocycles. The minimum Gasteiger partial charge on any atom is -0.491 e. The Morgan fingerprint density at radius 1 is 1.15 bits per heavy atom. The van der Waals surface area contributed by atoms with Crippen molar-refractivity contribution in [3.63, 3.8) is 0 Å². The van der Waals surface area contributed by atoms with Crippen LogP contribution in [-0.2, 0) is 6.54 Å². The van der Waals surface area contributed by atoms with Crippen LogP contribution in [0.3, 0.4) is 0 Å². The molecule has 0 saturated heterocycles. The summed E-state index contributed by atoms with van der Waals surface area (Å²) in [7, 11) is 0. The molecule has 3 fully saturated rings. The molecule has 0 amide bonds. The molecule has 2 heteroatoms. The number of hydrogen-bond acceptors (Lipinski definition) is 2. The standard InChI is InChI=1S/C18H25NO/c1-11(2)20-15-6-4-3-5-14(15)10-19-18-16-12-7-8-13(9-12)17(16)18/h3-6,11-13,16-19H,7-10H2,1-2H3. The van der Waals surface area contributed by atoms with Gasteiger partial charge in [-0.3, -0.25) is 0 Å². The predicted octanol–water partition coefficient (Wildman–Crippen LogP) is 3.61. The van der Waals surface area contributed by atoms with Gasteiger partial charge in [0.05, 0.1) is 6.10 Å². The van der Waals surface area contributed by atoms with Gasteiger partial charge in [-0.2, -0.15) is 0 Å². The number of rotatable bonds is 5. The number of hydrogen-bond donors (Lipinski definition) is 1. The molecule has 2 bridgehead atoms. The summed E-state index contributed by atoms with van der Waals surface area (Å²) in [5.74, 6) is 5.15. The van der Waals surface area contributed by atoms with Crippen LogP contribution in [0.2, 0.25) is 0 Å². The van der Waals surface area contributed by atoms with Crippen LogP contribution in [0.1, 0.15) is 38.7 Å². The minimum atomic E-state index is 0.243. The summed E-state index contributed by atoms with van der Waals surface area (Å²) in [6, 6.07) is 9.26. The Bertz CT molecular complexity index is 482. The van der Waals surface area contributed by atoms with E-state index < -0.39 is 0 Å². The Morgan fingerprint density at radius 2 is 1.85 bits per heavy atom. The Labute approximate surface area is 121 Å². The van der Waals surface area contributed by atoms with E-state index >= 15 is 0 Å². The van der Waals surface area contributed by atoms with Gasteiger partial charge in [0.1, 0.15) is 5.75 Å². The van der Waals surface area contributed by atoms with Crippen LogP contribution in [0, 0.1) is 23.7 Å². The van der Waals surface area contributed by atoms with Gasteiger partial charge in [0.25, 0.3) is 0 Å². The van der Waals surface area contributed by atoms with E-state index in [2.05, 4.69) is 43.4 Å². The molecule has 108 valence electrons. The number of benzene rings is 1. The van der Waals surface area contributed by atoms with Gasteiger partial charge in [-0.1, -0.05) is 18.2 Å². The molecular weight excluding hydrogens is 246 g/mol. The fourth-order valence-corrected chi connectivity index (χ4v) is 4.84. The summed E-state index contributed by atoms with van der Waals surface area (Å²) in [4.78, 5) is 0. The molecule has 1 aromatic carbocycles. The molecule has 3 saturated carbocycles. The second-order valence-electron chi connectivity index (χ2n) is 7.17. The Hall–Kier alpha value is -1.02. The second kappa shape index (κ2) is 4.77. The maximum atomic E-state index is 5.91. The van der Waals surface area contributed by atoms with Crippen LogP contribution in [0.5, 0.6) is 5.75 Å². The van der Waals surface area contributed by atoms with E-state index in [4.69, 9.17) is 4.74 Å². The van der Waals surface area contributed by atoms with Crippen molar-refractivity contribution in [2.45, 2.75) is 51.8 Å². The first-order valence-electron chi connectivity index (χ1n) is 8.22. The summed E-state index contributed by atoms with van der Waals surface area (Å²) in [6.07, 6.45) is 4.77. The Balaban J connectivity index is 1.39. The molecule has 4 atom stereocenters. The lowest BCUT2D eigenvalue weighted by atomic mass is 10.0. The molecule has 0 aromatic heterocycles. The third-order valence-corrected chi connectivity index (χ3v) is 5.60. The largest absolute Gasteiger partial charge is 0.491 e. The van der Waals surface area contributed by atoms with Gasteiger partial charge in [0, 0.05) is 18.2 Å². The van der Waals surface area contributed by atoms with Crippen molar-refractivity contribution in [1.29, 1.82) is 0 Å². The summed E-state index contributed by atoms with van der Waals surface area (Å²) in [6.45, 7) is 5.14. The van der Waals surface area contributed by atoms with Gasteiger partial charge in [-0.15, -0.1) is 0 Å². The average Bonchev–Trinajstić information content (AvgIpc) is 2.81. The fraction of sp³-hybridized carbons (Fsp3) is 0.667. The van der Waals surface area contributed by atoms with E-state index in [0.717, 1.165) is 42.0 Å². The first kappa shape index (κ1) is 12.7. The van der Waals surface area contributed by atoms with Crippen LogP contribution in [0.4, 0.5) is 0 Å². The lowest BCUT2D eigenvalue weighted by Crippen LogP contribution is -2.23. The lowest BCUT2D eigenvalue weighted by molar-refractivity contribution is 0.239. The molecule has 3 aliphatic carbocycles. The van der Waals surface area contributed by atoms with Crippen LogP contribution in [0.15, 0.2) is 24.3 Å². The minimum absolute atomic E-state index is 0.243. The molecule has 4 rings (SSSR count). The molecule has 0 aliphatic heterocycles. The van der Waals surface area contributed by atoms with Crippen molar-refractivity contribution in [1.82, 2.24) is 5.32 Å². The Morgan fingerprint density at radius 3 is 2.55 bits per heavy atom. The predicted molar refractivity (Wildman–Crippen MR) is 80.6 cm³/mol. The second-order valence-corrected chi connectivity index (χ2v) is 7.17. The highest BCUT2D eigenvalue weighted by Crippen LogP contribution is 2.65. The molecule has 0 radical (unpaired) electrons. The highest BCUT2D eigenvalue weighted by molar-refractivity contribution is 5.33. The Kier molecular flexibility index (Phi) is 3.03. The fourth-order valence-electron chi connectivity index (χ4n) is 4.84. The zero-order chi connectivity index (χ0) is 13.7. The molecule has 20 heavy (non-hydrogen) atoms. The van der Waals surface area contributed by atoms with Crippen LogP contribution < -0.4 is 10.1 Å². The van der Waals surface area contributed by atoms with Gasteiger partial charge >= 0.3 is 0 Å². The van der Waals surface area contributed by atoms with Crippen molar-refractivity contribution in [3.8, 4) is 5.75 Å². The smallest absolute Gasteiger partial charge is 0.124 e. The van der Waals surface area contributed by atoms with Crippen molar-refractivity contribution in [2.75, 3.05) is 0 Å². The van der Waals surface area contributed by atoms with E-state index in [1.807, 2.05) is 0 Å². The van der Waals surface area contributed by atoms with Crippen LogP contribution >= 0.6 is 0 Å². The molecule has 1 N–H and O–H groups in total. The number of para-hydroxylation sites is 1. The number of nitrogens with one attached hydrogen (secondary N) is 1. The van der Waals surface area contributed by atoms with Crippen molar-refractivity contribution >= 4 is 0 Å². The zero-order valence-corrected chi connectivity index (χ0v) is 12.5. The topological polar surface area (TPSA) is 21.3 Å². The molecule has 3 aliphatic rings.